The number of aromatic nitrogens is 3. The average Bonchev–Trinajstić information content (AvgIpc) is 2.50. The number of pyridine rings is 1. The van der Waals surface area contributed by atoms with Crippen molar-refractivity contribution in [3.63, 3.8) is 0 Å². The highest BCUT2D eigenvalue weighted by atomic mass is 16.3. The molecule has 11 heavy (non-hydrogen) atoms. The number of hydrogen-bond donors (Lipinski definition) is 1. The van der Waals surface area contributed by atoms with Crippen molar-refractivity contribution in [2.45, 2.75) is 0 Å². The molecule has 0 radical (unpaired) electrons. The van der Waals surface area contributed by atoms with Gasteiger partial charge in [-0.1, -0.05) is 0 Å². The number of H-pyrrole nitrogens is 1. The average molecular weight is 148 g/mol. The van der Waals surface area contributed by atoms with Gasteiger partial charge in [0.05, 0.1) is 6.33 Å². The third-order valence-electron chi connectivity index (χ3n) is 1.40. The number of nitrogens with one attached hydrogen (secondary N) is 1. The lowest BCUT2D eigenvalue weighted by Gasteiger charge is -1.87. The summed E-state index contributed by atoms with van der Waals surface area (Å²) < 4.78 is 0. The first kappa shape index (κ1) is 5.96. The van der Waals surface area contributed by atoms with Crippen LogP contribution in [0.5, 0.6) is 0 Å². The summed E-state index contributed by atoms with van der Waals surface area (Å²) >= 11 is 0. The second kappa shape index (κ2) is 2.12. The highest BCUT2D eigenvalue weighted by Crippen LogP contribution is 2.19. The SMILES string of the molecule is O=Nc1ccnc2nc[nH]c12. The summed E-state index contributed by atoms with van der Waals surface area (Å²) in [5, 5.41) is 2.81. The molecule has 0 spiro atoms. The highest BCUT2D eigenvalue weighted by Gasteiger charge is 2.02. The summed E-state index contributed by atoms with van der Waals surface area (Å²) in [7, 11) is 0. The van der Waals surface area contributed by atoms with Crippen molar-refractivity contribution in [1.82, 2.24) is 15.0 Å². The summed E-state index contributed by atoms with van der Waals surface area (Å²) in [5.41, 5.74) is 1.44. The molecule has 0 aromatic carbocycles. The molecule has 0 bridgehead atoms. The molecular formula is C6H4N4O. The molecule has 2 aromatic rings. The quantitative estimate of drug-likeness (QED) is 0.620. The molecule has 0 aliphatic rings. The number of fused-ring (bicyclic) bond motifs is 1. The summed E-state index contributed by atoms with van der Waals surface area (Å²) in [6.45, 7) is 0. The predicted molar refractivity (Wildman–Crippen MR) is 39.3 cm³/mol. The molecule has 0 aliphatic carbocycles. The molecule has 0 atom stereocenters. The molecule has 0 saturated carbocycles. The summed E-state index contributed by atoms with van der Waals surface area (Å²) in [4.78, 5) is 20.7. The van der Waals surface area contributed by atoms with Crippen LogP contribution in [0.2, 0.25) is 0 Å². The van der Waals surface area contributed by atoms with Gasteiger partial charge in [0.15, 0.2) is 5.65 Å². The third-order valence-corrected chi connectivity index (χ3v) is 1.40. The molecule has 2 rings (SSSR count). The van der Waals surface area contributed by atoms with E-state index in [4.69, 9.17) is 0 Å². The van der Waals surface area contributed by atoms with Crippen LogP contribution in [0, 0.1) is 4.91 Å². The van der Waals surface area contributed by atoms with Gasteiger partial charge in [-0.3, -0.25) is 0 Å². The first-order chi connectivity index (χ1) is 5.42. The number of nitroso groups, excluding NO2 is 1. The van der Waals surface area contributed by atoms with Gasteiger partial charge < -0.3 is 4.98 Å². The van der Waals surface area contributed by atoms with Gasteiger partial charge in [-0.2, -0.15) is 0 Å². The van der Waals surface area contributed by atoms with Crippen LogP contribution < -0.4 is 0 Å². The zero-order valence-electron chi connectivity index (χ0n) is 5.48. The summed E-state index contributed by atoms with van der Waals surface area (Å²) in [6.07, 6.45) is 2.98. The molecule has 2 aromatic heterocycles. The second-order valence-corrected chi connectivity index (χ2v) is 2.02. The van der Waals surface area contributed by atoms with E-state index in [0.717, 1.165) is 0 Å². The zero-order chi connectivity index (χ0) is 7.68. The molecule has 0 saturated heterocycles. The number of nitrogens with zero attached hydrogens (tertiary/aromatic N) is 3. The fourth-order valence-corrected chi connectivity index (χ4v) is 0.911. The Labute approximate surface area is 61.5 Å². The summed E-state index contributed by atoms with van der Waals surface area (Å²) in [6, 6.07) is 1.54. The Morgan fingerprint density at radius 3 is 3.18 bits per heavy atom. The van der Waals surface area contributed by atoms with Gasteiger partial charge in [-0.25, -0.2) is 9.97 Å². The molecule has 0 unspecified atom stereocenters. The molecule has 5 heteroatoms. The first-order valence-electron chi connectivity index (χ1n) is 3.03. The zero-order valence-corrected chi connectivity index (χ0v) is 5.48. The van der Waals surface area contributed by atoms with E-state index in [9.17, 15) is 4.91 Å². The number of imidazole rings is 1. The van der Waals surface area contributed by atoms with Crippen molar-refractivity contribution in [2.24, 2.45) is 5.18 Å². The predicted octanol–water partition coefficient (Wildman–Crippen LogP) is 1.36. The Morgan fingerprint density at radius 1 is 1.45 bits per heavy atom. The maximum absolute atomic E-state index is 10.2. The minimum atomic E-state index is 0.340. The normalized spacial score (nSPS) is 10.2. The monoisotopic (exact) mass is 148 g/mol. The molecule has 2 heterocycles. The van der Waals surface area contributed by atoms with Crippen LogP contribution in [0.1, 0.15) is 0 Å². The van der Waals surface area contributed by atoms with Crippen molar-refractivity contribution < 1.29 is 0 Å². The Kier molecular flexibility index (Phi) is 1.15. The third kappa shape index (κ3) is 0.778. The van der Waals surface area contributed by atoms with Crippen LogP contribution in [0.15, 0.2) is 23.8 Å². The van der Waals surface area contributed by atoms with Crippen molar-refractivity contribution >= 4 is 16.9 Å². The minimum absolute atomic E-state index is 0.340. The standard InChI is InChI=1S/C6H4N4O/c11-10-4-1-2-7-6-5(4)8-3-9-6/h1-3H,(H,7,8,9). The Balaban J connectivity index is 2.88. The lowest BCUT2D eigenvalue weighted by molar-refractivity contribution is 1.30. The van der Waals surface area contributed by atoms with E-state index in [-0.39, 0.29) is 0 Å². The van der Waals surface area contributed by atoms with Crippen LogP contribution in [0.25, 0.3) is 11.2 Å². The van der Waals surface area contributed by atoms with E-state index in [1.807, 2.05) is 0 Å². The molecule has 5 nitrogen and oxygen atoms in total. The molecule has 0 amide bonds. The maximum Gasteiger partial charge on any atom is 0.179 e. The Hall–Kier alpha value is -1.78. The number of hydrogen-bond acceptors (Lipinski definition) is 4. The van der Waals surface area contributed by atoms with Crippen LogP contribution >= 0.6 is 0 Å². The molecule has 54 valence electrons. The van der Waals surface area contributed by atoms with Crippen molar-refractivity contribution in [3.05, 3.63) is 23.5 Å². The van der Waals surface area contributed by atoms with Crippen molar-refractivity contribution in [2.75, 3.05) is 0 Å². The smallest absolute Gasteiger partial charge is 0.179 e. The summed E-state index contributed by atoms with van der Waals surface area (Å²) in [5.74, 6) is 0. The Morgan fingerprint density at radius 2 is 2.36 bits per heavy atom. The minimum Gasteiger partial charge on any atom is -0.341 e. The van der Waals surface area contributed by atoms with Gasteiger partial charge in [0.1, 0.15) is 11.2 Å². The van der Waals surface area contributed by atoms with Gasteiger partial charge in [-0.05, 0) is 11.2 Å². The van der Waals surface area contributed by atoms with Crippen LogP contribution in [0.4, 0.5) is 5.69 Å². The largest absolute Gasteiger partial charge is 0.341 e. The van der Waals surface area contributed by atoms with Gasteiger partial charge in [0, 0.05) is 6.20 Å². The van der Waals surface area contributed by atoms with E-state index in [1.165, 1.54) is 18.6 Å². The van der Waals surface area contributed by atoms with Gasteiger partial charge in [0.2, 0.25) is 0 Å². The molecule has 0 aliphatic heterocycles. The van der Waals surface area contributed by atoms with E-state index < -0.39 is 0 Å². The number of aromatic amines is 1. The lowest BCUT2D eigenvalue weighted by Crippen LogP contribution is -1.74. The highest BCUT2D eigenvalue weighted by molar-refractivity contribution is 5.82. The maximum atomic E-state index is 10.2. The van der Waals surface area contributed by atoms with Crippen LogP contribution in [-0.4, -0.2) is 15.0 Å². The molecule has 0 fully saturated rings. The van der Waals surface area contributed by atoms with E-state index in [1.54, 1.807) is 0 Å². The van der Waals surface area contributed by atoms with Crippen LogP contribution in [0.3, 0.4) is 0 Å². The van der Waals surface area contributed by atoms with Crippen molar-refractivity contribution in [1.29, 1.82) is 0 Å². The first-order valence-corrected chi connectivity index (χ1v) is 3.03. The molecule has 1 N–H and O–H groups in total. The Bertz CT molecular complexity index is 394. The number of rotatable bonds is 1. The molecular weight excluding hydrogens is 144 g/mol. The van der Waals surface area contributed by atoms with Gasteiger partial charge in [-0.15, -0.1) is 4.91 Å². The fourth-order valence-electron chi connectivity index (χ4n) is 0.911. The van der Waals surface area contributed by atoms with Gasteiger partial charge >= 0.3 is 0 Å². The van der Waals surface area contributed by atoms with Crippen molar-refractivity contribution in [3.8, 4) is 0 Å². The van der Waals surface area contributed by atoms with E-state index in [0.29, 0.717) is 16.9 Å². The second-order valence-electron chi connectivity index (χ2n) is 2.02. The topological polar surface area (TPSA) is 71.0 Å². The van der Waals surface area contributed by atoms with E-state index in [2.05, 4.69) is 20.1 Å². The lowest BCUT2D eigenvalue weighted by atomic mass is 10.4. The van der Waals surface area contributed by atoms with E-state index >= 15 is 0 Å². The van der Waals surface area contributed by atoms with Crippen LogP contribution in [-0.2, 0) is 0 Å². The fraction of sp³-hybridized carbons (Fsp3) is 0. The van der Waals surface area contributed by atoms with Gasteiger partial charge in [0.25, 0.3) is 0 Å².